The second-order valence-electron chi connectivity index (χ2n) is 25.2. The molecule has 0 spiro atoms. The Kier molecular flexibility index (Phi) is 13.4. The minimum Gasteiger partial charge on any atom is -0.507 e. The molecule has 10 aromatic rings. The number of benzene rings is 8. The van der Waals surface area contributed by atoms with Crippen LogP contribution in [-0.2, 0) is 48.1 Å². The van der Waals surface area contributed by atoms with Gasteiger partial charge in [0.05, 0.1) is 22.3 Å². The summed E-state index contributed by atoms with van der Waals surface area (Å²) in [7, 11) is 0. The third kappa shape index (κ3) is 9.41. The van der Waals surface area contributed by atoms with Crippen LogP contribution in [0.4, 0.5) is 0 Å². The second-order valence-corrected chi connectivity index (χ2v) is 25.2. The number of phenols is 1. The van der Waals surface area contributed by atoms with Crippen LogP contribution in [0, 0.1) is 6.07 Å². The maximum atomic E-state index is 12.8. The van der Waals surface area contributed by atoms with E-state index in [9.17, 15) is 5.11 Å². The number of aromatic hydroxyl groups is 1. The first-order valence-electron chi connectivity index (χ1n) is 27.0. The van der Waals surface area contributed by atoms with E-state index in [4.69, 9.17) is 9.97 Å². The van der Waals surface area contributed by atoms with Crippen LogP contribution in [0.3, 0.4) is 0 Å². The van der Waals surface area contributed by atoms with Gasteiger partial charge in [-0.1, -0.05) is 252 Å². The topological polar surface area (TPSA) is 50.9 Å². The number of pyridine rings is 1. The van der Waals surface area contributed by atoms with Gasteiger partial charge >= 0.3 is 0 Å². The average Bonchev–Trinajstić information content (AvgIpc) is 4.02. The maximum absolute atomic E-state index is 12.8. The number of fused-ring (bicyclic) bond motifs is 4. The van der Waals surface area contributed by atoms with E-state index >= 15 is 0 Å². The predicted octanol–water partition coefficient (Wildman–Crippen LogP) is 18.8. The molecule has 2 aromatic heterocycles. The molecule has 0 atom stereocenters. The zero-order valence-electron chi connectivity index (χ0n) is 46.9. The van der Waals surface area contributed by atoms with E-state index in [0.29, 0.717) is 11.4 Å². The molecule has 11 rings (SSSR count). The molecule has 2 heterocycles. The van der Waals surface area contributed by atoms with Crippen molar-refractivity contribution < 1.29 is 26.2 Å². The van der Waals surface area contributed by atoms with E-state index in [0.717, 1.165) is 78.0 Å². The molecule has 0 saturated heterocycles. The van der Waals surface area contributed by atoms with E-state index in [1.165, 1.54) is 33.4 Å². The minimum atomic E-state index is -0.351. The van der Waals surface area contributed by atoms with Crippen molar-refractivity contribution in [2.45, 2.75) is 117 Å². The summed E-state index contributed by atoms with van der Waals surface area (Å²) in [6.07, 6.45) is 1.93. The molecule has 0 aliphatic heterocycles. The summed E-state index contributed by atoms with van der Waals surface area (Å²) in [6.45, 7) is 29.3. The molecule has 77 heavy (non-hydrogen) atoms. The summed E-state index contributed by atoms with van der Waals surface area (Å²) in [4.78, 5) is 10.9. The molecule has 0 unspecified atom stereocenters. The van der Waals surface area contributed by atoms with Crippen molar-refractivity contribution in [3.05, 3.63) is 227 Å². The van der Waals surface area contributed by atoms with Gasteiger partial charge in [0, 0.05) is 54.9 Å². The van der Waals surface area contributed by atoms with Crippen LogP contribution in [0.25, 0.3) is 83.9 Å². The second kappa shape index (κ2) is 19.4. The Hall–Kier alpha value is -7.13. The third-order valence-electron chi connectivity index (χ3n) is 16.2. The number of phenolic OH excluding ortho intramolecular Hbond substituents is 1. The summed E-state index contributed by atoms with van der Waals surface area (Å²) >= 11 is 0. The number of para-hydroxylation sites is 1. The van der Waals surface area contributed by atoms with Gasteiger partial charge < -0.3 is 5.11 Å². The predicted molar refractivity (Wildman–Crippen MR) is 319 cm³/mol. The summed E-state index contributed by atoms with van der Waals surface area (Å²) in [5, 5.41) is 12.8. The Morgan fingerprint density at radius 2 is 1.10 bits per heavy atom. The van der Waals surface area contributed by atoms with Crippen molar-refractivity contribution in [2.24, 2.45) is 0 Å². The van der Waals surface area contributed by atoms with Crippen molar-refractivity contribution in [3.63, 3.8) is 0 Å². The van der Waals surface area contributed by atoms with Gasteiger partial charge in [0.25, 0.3) is 0 Å². The number of hydrogen-bond acceptors (Lipinski definition) is 3. The van der Waals surface area contributed by atoms with Gasteiger partial charge in [-0.15, -0.1) is 17.7 Å². The minimum absolute atomic E-state index is 0. The van der Waals surface area contributed by atoms with Gasteiger partial charge in [-0.05, 0) is 96.6 Å². The fourth-order valence-corrected chi connectivity index (χ4v) is 11.5. The van der Waals surface area contributed by atoms with Crippen molar-refractivity contribution in [1.82, 2.24) is 14.5 Å². The van der Waals surface area contributed by atoms with E-state index in [1.807, 2.05) is 6.20 Å². The Labute approximate surface area is 471 Å². The molecule has 5 heteroatoms. The first-order valence-corrected chi connectivity index (χ1v) is 27.0. The summed E-state index contributed by atoms with van der Waals surface area (Å²) in [6, 6.07) is 67.8. The van der Waals surface area contributed by atoms with Crippen LogP contribution in [0.5, 0.6) is 5.75 Å². The zero-order valence-corrected chi connectivity index (χ0v) is 49.2. The first kappa shape index (κ1) is 53.3. The van der Waals surface area contributed by atoms with Crippen molar-refractivity contribution in [3.8, 4) is 78.6 Å². The summed E-state index contributed by atoms with van der Waals surface area (Å²) in [5.41, 5.74) is 21.1. The molecule has 0 amide bonds. The summed E-state index contributed by atoms with van der Waals surface area (Å²) in [5.74, 6) is 0.926. The van der Waals surface area contributed by atoms with Crippen molar-refractivity contribution >= 4 is 11.0 Å². The van der Waals surface area contributed by atoms with Crippen LogP contribution < -0.4 is 0 Å². The van der Waals surface area contributed by atoms with E-state index in [1.54, 1.807) is 0 Å². The molecule has 4 nitrogen and oxygen atoms in total. The Morgan fingerprint density at radius 1 is 0.494 bits per heavy atom. The fraction of sp³-hybridized carbons (Fsp3) is 0.250. The largest absolute Gasteiger partial charge is 0.507 e. The van der Waals surface area contributed by atoms with Crippen LogP contribution >= 0.6 is 0 Å². The molecule has 0 saturated carbocycles. The number of imidazole rings is 1. The van der Waals surface area contributed by atoms with Gasteiger partial charge in [-0.3, -0.25) is 9.55 Å². The van der Waals surface area contributed by atoms with Crippen molar-refractivity contribution in [2.75, 3.05) is 0 Å². The molecule has 0 radical (unpaired) electrons. The molecular weight excluding hydrogens is 1120 g/mol. The monoisotopic (exact) mass is 1190 g/mol. The van der Waals surface area contributed by atoms with Gasteiger partial charge in [-0.2, -0.15) is 0 Å². The Morgan fingerprint density at radius 3 is 1.78 bits per heavy atom. The molecule has 390 valence electrons. The van der Waals surface area contributed by atoms with Crippen LogP contribution in [0.15, 0.2) is 182 Å². The number of nitrogens with zero attached hydrogens (tertiary/aromatic N) is 3. The Balaban J connectivity index is 0.00000672. The fourth-order valence-electron chi connectivity index (χ4n) is 11.5. The third-order valence-corrected chi connectivity index (χ3v) is 16.2. The molecule has 0 fully saturated rings. The number of hydrogen-bond donors (Lipinski definition) is 1. The SMILES string of the molecule is CC(C)(C)c1ccc(-n2c(-c3cc(C(C)(C)C)cc(C(C)(C)C)c3O)nc3c(-c4[c-]c(-c5cc(-c6ccc(C(C)(C)c7ccccc7)cc6)ccn5)cc5c4-c4ccccc4C5(C)C)cccc32)c(-c2ccccc2)c1.[Pt]. The van der Waals surface area contributed by atoms with Gasteiger partial charge in [0.1, 0.15) is 11.6 Å². The van der Waals surface area contributed by atoms with E-state index in [-0.39, 0.29) is 53.9 Å². The first-order chi connectivity index (χ1) is 36.0. The van der Waals surface area contributed by atoms with Crippen LogP contribution in [-0.4, -0.2) is 19.6 Å². The standard InChI is InChI=1S/C72H70N3O.Pt/c1-68(2,3)51-35-36-62(55(42-51)46-23-16-14-17-24-46)75-63-30-22-28-53(65(63)74-67(75)57-43-52(69(4,5)6)44-60(66(57)76)70(7,8)9)56-39-48(40-59-64(56)54-27-20-21-29-58(54)72(59,12)13)61-41-47(37-38-73-61)45-31-33-50(34-32-45)71(10,11)49-25-18-15-19-26-49;/h14-38,40-44,76H,1-13H3;/q-1;. The van der Waals surface area contributed by atoms with Gasteiger partial charge in [0.2, 0.25) is 0 Å². The normalized spacial score (nSPS) is 13.3. The van der Waals surface area contributed by atoms with Crippen LogP contribution in [0.2, 0.25) is 0 Å². The average molecular weight is 1190 g/mol. The van der Waals surface area contributed by atoms with Gasteiger partial charge in [0.15, 0.2) is 0 Å². The summed E-state index contributed by atoms with van der Waals surface area (Å²) < 4.78 is 2.31. The zero-order chi connectivity index (χ0) is 53.7. The Bertz CT molecular complexity index is 3860. The van der Waals surface area contributed by atoms with E-state index in [2.05, 4.69) is 277 Å². The maximum Gasteiger partial charge on any atom is 0.148 e. The van der Waals surface area contributed by atoms with Gasteiger partial charge in [-0.25, -0.2) is 4.98 Å². The molecule has 8 aromatic carbocycles. The van der Waals surface area contributed by atoms with E-state index < -0.39 is 0 Å². The smallest absolute Gasteiger partial charge is 0.148 e. The number of rotatable bonds is 8. The van der Waals surface area contributed by atoms with Crippen LogP contribution in [0.1, 0.15) is 129 Å². The number of aromatic nitrogens is 3. The molecular formula is C72H70N3OPt-. The molecule has 1 aliphatic carbocycles. The molecule has 1 aliphatic rings. The van der Waals surface area contributed by atoms with Crippen molar-refractivity contribution in [1.29, 1.82) is 0 Å². The molecule has 0 bridgehead atoms. The quantitative estimate of drug-likeness (QED) is 0.154. The molecule has 1 N–H and O–H groups in total.